The van der Waals surface area contributed by atoms with E-state index in [2.05, 4.69) is 5.32 Å². The Labute approximate surface area is 204 Å². The molecular formula is C25H18ClN3O6. The summed E-state index contributed by atoms with van der Waals surface area (Å²) in [5, 5.41) is 13.5. The van der Waals surface area contributed by atoms with Crippen molar-refractivity contribution in [2.45, 2.75) is 13.5 Å². The third-order valence-electron chi connectivity index (χ3n) is 5.23. The Hall–Kier alpha value is -4.50. The minimum Gasteiger partial charge on any atom is -0.489 e. The van der Waals surface area contributed by atoms with E-state index in [-0.39, 0.29) is 23.6 Å². The molecule has 1 saturated heterocycles. The summed E-state index contributed by atoms with van der Waals surface area (Å²) in [4.78, 5) is 49.0. The van der Waals surface area contributed by atoms with Gasteiger partial charge in [-0.25, -0.2) is 9.69 Å². The summed E-state index contributed by atoms with van der Waals surface area (Å²) in [5.41, 5.74) is 1.94. The molecule has 35 heavy (non-hydrogen) atoms. The third-order valence-corrected chi connectivity index (χ3v) is 5.64. The molecule has 3 aromatic carbocycles. The van der Waals surface area contributed by atoms with Gasteiger partial charge in [-0.2, -0.15) is 0 Å². The van der Waals surface area contributed by atoms with Crippen molar-refractivity contribution in [2.75, 3.05) is 4.90 Å². The van der Waals surface area contributed by atoms with Crippen LogP contribution in [0.5, 0.6) is 5.75 Å². The lowest BCUT2D eigenvalue weighted by atomic mass is 10.1. The number of nitrogens with one attached hydrogen (secondary N) is 1. The number of nitro benzene ring substituents is 1. The van der Waals surface area contributed by atoms with Gasteiger partial charge in [0.05, 0.1) is 10.6 Å². The summed E-state index contributed by atoms with van der Waals surface area (Å²) in [5.74, 6) is -1.09. The maximum absolute atomic E-state index is 13.0. The third kappa shape index (κ3) is 5.20. The monoisotopic (exact) mass is 491 g/mol. The van der Waals surface area contributed by atoms with E-state index in [1.54, 1.807) is 55.5 Å². The number of non-ortho nitro benzene ring substituents is 1. The van der Waals surface area contributed by atoms with Gasteiger partial charge in [0.15, 0.2) is 0 Å². The van der Waals surface area contributed by atoms with Crippen molar-refractivity contribution >= 4 is 46.9 Å². The van der Waals surface area contributed by atoms with Gasteiger partial charge in [0.1, 0.15) is 17.9 Å². The van der Waals surface area contributed by atoms with E-state index in [0.717, 1.165) is 10.5 Å². The van der Waals surface area contributed by atoms with Gasteiger partial charge < -0.3 is 4.74 Å². The van der Waals surface area contributed by atoms with Crippen LogP contribution >= 0.6 is 11.6 Å². The van der Waals surface area contributed by atoms with Gasteiger partial charge in [0.2, 0.25) is 0 Å². The number of halogens is 1. The van der Waals surface area contributed by atoms with E-state index in [9.17, 15) is 24.5 Å². The average molecular weight is 492 g/mol. The minimum atomic E-state index is -0.859. The number of rotatable bonds is 6. The number of aryl methyl sites for hydroxylation is 1. The highest BCUT2D eigenvalue weighted by Gasteiger charge is 2.36. The molecule has 0 aromatic heterocycles. The molecule has 1 N–H and O–H groups in total. The molecule has 10 heteroatoms. The lowest BCUT2D eigenvalue weighted by molar-refractivity contribution is -0.384. The second-order valence-corrected chi connectivity index (χ2v) is 8.08. The molecule has 0 radical (unpaired) electrons. The molecule has 9 nitrogen and oxygen atoms in total. The SMILES string of the molecule is Cc1ccc(N2C(=O)NC(=O)/C(=C/c3ccc(OCc4cccc([N+](=O)[O-])c4)cc3)C2=O)cc1Cl. The Morgan fingerprint density at radius 2 is 1.80 bits per heavy atom. The Kier molecular flexibility index (Phi) is 6.61. The summed E-state index contributed by atoms with van der Waals surface area (Å²) in [7, 11) is 0. The molecule has 4 amide bonds. The molecule has 0 spiro atoms. The number of carbonyl (C=O) groups is 3. The molecule has 1 aliphatic heterocycles. The van der Waals surface area contributed by atoms with Gasteiger partial charge in [-0.1, -0.05) is 41.9 Å². The molecule has 0 saturated carbocycles. The summed E-state index contributed by atoms with van der Waals surface area (Å²) < 4.78 is 5.67. The Morgan fingerprint density at radius 1 is 1.06 bits per heavy atom. The second kappa shape index (κ2) is 9.78. The van der Waals surface area contributed by atoms with Crippen LogP contribution in [0.3, 0.4) is 0 Å². The van der Waals surface area contributed by atoms with Crippen LogP contribution in [0, 0.1) is 17.0 Å². The Bertz CT molecular complexity index is 1380. The first-order valence-electron chi connectivity index (χ1n) is 10.4. The first-order valence-corrected chi connectivity index (χ1v) is 10.7. The maximum atomic E-state index is 13.0. The van der Waals surface area contributed by atoms with Gasteiger partial charge in [0.25, 0.3) is 17.5 Å². The molecule has 3 aromatic rings. The highest BCUT2D eigenvalue weighted by atomic mass is 35.5. The quantitative estimate of drug-likeness (QED) is 0.229. The van der Waals surface area contributed by atoms with Crippen LogP contribution in [0.15, 0.2) is 72.3 Å². The smallest absolute Gasteiger partial charge is 0.335 e. The van der Waals surface area contributed by atoms with E-state index in [1.807, 2.05) is 0 Å². The number of amides is 4. The van der Waals surface area contributed by atoms with Gasteiger partial charge in [0, 0.05) is 17.2 Å². The number of benzene rings is 3. The van der Waals surface area contributed by atoms with E-state index in [4.69, 9.17) is 16.3 Å². The summed E-state index contributed by atoms with van der Waals surface area (Å²) in [6.45, 7) is 1.91. The molecule has 0 atom stereocenters. The molecule has 176 valence electrons. The topological polar surface area (TPSA) is 119 Å². The summed E-state index contributed by atoms with van der Waals surface area (Å²) in [6.07, 6.45) is 1.37. The Balaban J connectivity index is 1.51. The number of ether oxygens (including phenoxy) is 1. The zero-order valence-corrected chi connectivity index (χ0v) is 19.1. The number of hydrogen-bond acceptors (Lipinski definition) is 6. The van der Waals surface area contributed by atoms with Crippen LogP contribution in [-0.4, -0.2) is 22.8 Å². The zero-order chi connectivity index (χ0) is 25.1. The van der Waals surface area contributed by atoms with Gasteiger partial charge in [-0.05, 0) is 54.0 Å². The number of hydrogen-bond donors (Lipinski definition) is 1. The van der Waals surface area contributed by atoms with Gasteiger partial charge in [-0.3, -0.25) is 25.0 Å². The molecular weight excluding hydrogens is 474 g/mol. The number of nitro groups is 1. The first-order chi connectivity index (χ1) is 16.7. The van der Waals surface area contributed by atoms with Crippen molar-refractivity contribution in [1.29, 1.82) is 0 Å². The highest BCUT2D eigenvalue weighted by molar-refractivity contribution is 6.39. The molecule has 0 aliphatic carbocycles. The van der Waals surface area contributed by atoms with E-state index < -0.39 is 22.8 Å². The van der Waals surface area contributed by atoms with Crippen molar-refractivity contribution in [3.8, 4) is 5.75 Å². The van der Waals surface area contributed by atoms with E-state index >= 15 is 0 Å². The predicted molar refractivity (Wildman–Crippen MR) is 129 cm³/mol. The Morgan fingerprint density at radius 3 is 2.49 bits per heavy atom. The van der Waals surface area contributed by atoms with Crippen LogP contribution in [-0.2, 0) is 16.2 Å². The van der Waals surface area contributed by atoms with Crippen molar-refractivity contribution in [2.24, 2.45) is 0 Å². The van der Waals surface area contributed by atoms with Crippen molar-refractivity contribution in [1.82, 2.24) is 5.32 Å². The number of nitrogens with zero attached hydrogens (tertiary/aromatic N) is 2. The largest absolute Gasteiger partial charge is 0.489 e. The lowest BCUT2D eigenvalue weighted by Gasteiger charge is -2.26. The molecule has 4 rings (SSSR count). The van der Waals surface area contributed by atoms with Crippen LogP contribution in [0.1, 0.15) is 16.7 Å². The van der Waals surface area contributed by atoms with Crippen molar-refractivity contribution < 1.29 is 24.0 Å². The number of urea groups is 1. The number of imide groups is 2. The number of barbiturate groups is 1. The fourth-order valence-corrected chi connectivity index (χ4v) is 3.54. The van der Waals surface area contributed by atoms with Crippen LogP contribution in [0.25, 0.3) is 6.08 Å². The minimum absolute atomic E-state index is 0.0241. The predicted octanol–water partition coefficient (Wildman–Crippen LogP) is 4.80. The van der Waals surface area contributed by atoms with Gasteiger partial charge in [-0.15, -0.1) is 0 Å². The van der Waals surface area contributed by atoms with Crippen LogP contribution < -0.4 is 15.0 Å². The highest BCUT2D eigenvalue weighted by Crippen LogP contribution is 2.27. The fraction of sp³-hybridized carbons (Fsp3) is 0.0800. The average Bonchev–Trinajstić information content (AvgIpc) is 2.83. The standard InChI is InChI=1S/C25H18ClN3O6/c1-15-5-8-18(13-22(15)26)28-24(31)21(23(30)27-25(28)32)12-16-6-9-20(10-7-16)35-14-17-3-2-4-19(11-17)29(33)34/h2-13H,14H2,1H3,(H,27,30,32)/b21-12-. The molecule has 1 fully saturated rings. The molecule has 1 heterocycles. The van der Waals surface area contributed by atoms with E-state index in [1.165, 1.54) is 24.3 Å². The maximum Gasteiger partial charge on any atom is 0.335 e. The van der Waals surface area contributed by atoms with Crippen molar-refractivity contribution in [3.05, 3.63) is 104 Å². The first kappa shape index (κ1) is 23.7. The fourth-order valence-electron chi connectivity index (χ4n) is 3.37. The summed E-state index contributed by atoms with van der Waals surface area (Å²) in [6, 6.07) is 16.5. The molecule has 1 aliphatic rings. The normalized spacial score (nSPS) is 14.7. The van der Waals surface area contributed by atoms with Crippen LogP contribution in [0.4, 0.5) is 16.2 Å². The summed E-state index contributed by atoms with van der Waals surface area (Å²) >= 11 is 6.13. The second-order valence-electron chi connectivity index (χ2n) is 7.68. The van der Waals surface area contributed by atoms with Gasteiger partial charge >= 0.3 is 6.03 Å². The number of carbonyl (C=O) groups excluding carboxylic acids is 3. The zero-order valence-electron chi connectivity index (χ0n) is 18.4. The molecule has 0 bridgehead atoms. The van der Waals surface area contributed by atoms with Crippen LogP contribution in [0.2, 0.25) is 5.02 Å². The van der Waals surface area contributed by atoms with E-state index in [0.29, 0.717) is 21.9 Å². The lowest BCUT2D eigenvalue weighted by Crippen LogP contribution is -2.54. The molecule has 0 unspecified atom stereocenters. The van der Waals surface area contributed by atoms with Crippen molar-refractivity contribution in [3.63, 3.8) is 0 Å². The number of anilines is 1.